The van der Waals surface area contributed by atoms with Crippen molar-refractivity contribution in [1.82, 2.24) is 5.32 Å². The van der Waals surface area contributed by atoms with E-state index in [-0.39, 0.29) is 30.9 Å². The number of rotatable bonds is 16. The third-order valence-electron chi connectivity index (χ3n) is 5.42. The summed E-state index contributed by atoms with van der Waals surface area (Å²) in [6.07, 6.45) is 2.74. The summed E-state index contributed by atoms with van der Waals surface area (Å²) in [7, 11) is 1.10. The Balaban J connectivity index is 5.14. The van der Waals surface area contributed by atoms with Crippen LogP contribution in [0.15, 0.2) is 0 Å². The third-order valence-corrected chi connectivity index (χ3v) is 9.13. The number of hydrogen-bond acceptors (Lipinski definition) is 7. The van der Waals surface area contributed by atoms with E-state index < -0.39 is 26.1 Å². The van der Waals surface area contributed by atoms with Crippen LogP contribution in [0, 0.1) is 6.57 Å². The highest BCUT2D eigenvalue weighted by Gasteiger charge is 2.46. The van der Waals surface area contributed by atoms with Crippen LogP contribution in [0.3, 0.4) is 0 Å². The summed E-state index contributed by atoms with van der Waals surface area (Å²) in [6.45, 7) is 15.0. The zero-order valence-corrected chi connectivity index (χ0v) is 24.4. The van der Waals surface area contributed by atoms with Gasteiger partial charge in [0, 0.05) is 45.4 Å². The van der Waals surface area contributed by atoms with Crippen LogP contribution in [0.25, 0.3) is 4.85 Å². The molecule has 12 heteroatoms. The zero-order valence-electron chi connectivity index (χ0n) is 21.2. The number of carboxylic acids is 1. The van der Waals surface area contributed by atoms with Crippen LogP contribution >= 0.6 is 35.7 Å². The number of thioether (sulfide) groups is 2. The number of carbonyl (C=O) groups is 2. The lowest BCUT2D eigenvalue weighted by Gasteiger charge is -2.32. The second-order valence-corrected chi connectivity index (χ2v) is 15.9. The molecule has 8 nitrogen and oxygen atoms in total. The molecule has 0 aromatic carbocycles. The summed E-state index contributed by atoms with van der Waals surface area (Å²) in [4.78, 5) is 28.0. The normalized spacial score (nSPS) is 15.6. The van der Waals surface area contributed by atoms with E-state index in [1.54, 1.807) is 13.8 Å². The molecule has 0 aliphatic heterocycles. The lowest BCUT2D eigenvalue weighted by molar-refractivity contribution is -0.890. The van der Waals surface area contributed by atoms with Crippen LogP contribution in [0.1, 0.15) is 52.9 Å². The fourth-order valence-corrected chi connectivity index (χ4v) is 7.39. The van der Waals surface area contributed by atoms with Gasteiger partial charge in [0.1, 0.15) is 18.1 Å². The highest BCUT2D eigenvalue weighted by atomic mass is 32.2. The summed E-state index contributed by atoms with van der Waals surface area (Å²) in [5.41, 5.74) is -0.998. The number of hydrogen-bond donors (Lipinski definition) is 2. The molecule has 196 valence electrons. The van der Waals surface area contributed by atoms with Crippen molar-refractivity contribution in [3.8, 4) is 0 Å². The second-order valence-electron chi connectivity index (χ2n) is 9.67. The highest BCUT2D eigenvalue weighted by molar-refractivity contribution is 8.47. The van der Waals surface area contributed by atoms with Gasteiger partial charge < -0.3 is 19.8 Å². The maximum absolute atomic E-state index is 13.3. The van der Waals surface area contributed by atoms with Gasteiger partial charge in [-0.15, -0.1) is 11.8 Å². The average molecular weight is 555 g/mol. The van der Waals surface area contributed by atoms with Crippen molar-refractivity contribution in [3.05, 3.63) is 11.4 Å². The minimum absolute atomic E-state index is 0.137. The van der Waals surface area contributed by atoms with Crippen molar-refractivity contribution >= 4 is 61.0 Å². The molecule has 1 amide bonds. The first-order valence-electron chi connectivity index (χ1n) is 11.2. The molecule has 0 saturated heterocycles. The Hall–Kier alpha value is -0.870. The number of aliphatic carboxylic acids is 1. The van der Waals surface area contributed by atoms with E-state index in [9.17, 15) is 18.0 Å². The van der Waals surface area contributed by atoms with Gasteiger partial charge in [-0.05, 0) is 12.7 Å². The molecule has 0 aliphatic carbocycles. The zero-order chi connectivity index (χ0) is 26.6. The summed E-state index contributed by atoms with van der Waals surface area (Å²) in [6, 6.07) is 0. The maximum atomic E-state index is 13.3. The van der Waals surface area contributed by atoms with E-state index in [0.717, 1.165) is 18.8 Å². The van der Waals surface area contributed by atoms with E-state index in [1.807, 2.05) is 21.0 Å². The van der Waals surface area contributed by atoms with Crippen molar-refractivity contribution < 1.29 is 27.6 Å². The van der Waals surface area contributed by atoms with Crippen LogP contribution < -0.4 is 5.32 Å². The largest absolute Gasteiger partial charge is 0.481 e. The Kier molecular flexibility index (Phi) is 14.3. The van der Waals surface area contributed by atoms with Crippen LogP contribution in [-0.4, -0.2) is 95.2 Å². The minimum Gasteiger partial charge on any atom is -0.481 e. The Bertz CT molecular complexity index is 857. The predicted molar refractivity (Wildman–Crippen MR) is 147 cm³/mol. The van der Waals surface area contributed by atoms with Crippen LogP contribution in [0.2, 0.25) is 0 Å². The lowest BCUT2D eigenvalue weighted by Crippen LogP contribution is -2.48. The van der Waals surface area contributed by atoms with E-state index in [0.29, 0.717) is 27.4 Å². The summed E-state index contributed by atoms with van der Waals surface area (Å²) in [5.74, 6) is -0.250. The number of nitrogens with one attached hydrogen (secondary N) is 1. The maximum Gasteiger partial charge on any atom is 0.303 e. The Morgan fingerprint density at radius 3 is 2.29 bits per heavy atom. The van der Waals surface area contributed by atoms with Crippen molar-refractivity contribution in [2.75, 3.05) is 51.5 Å². The summed E-state index contributed by atoms with van der Waals surface area (Å²) >= 11 is 8.16. The molecule has 0 aliphatic rings. The topological polar surface area (TPSA) is 105 Å². The number of amides is 1. The quantitative estimate of drug-likeness (QED) is 0.129. The second kappa shape index (κ2) is 14.6. The molecular weight excluding hydrogens is 515 g/mol. The number of sulfone groups is 1. The van der Waals surface area contributed by atoms with Gasteiger partial charge in [0.15, 0.2) is 0 Å². The number of quaternary nitrogens is 1. The van der Waals surface area contributed by atoms with Gasteiger partial charge in [-0.25, -0.2) is 15.0 Å². The Labute approximate surface area is 219 Å². The first-order chi connectivity index (χ1) is 15.5. The van der Waals surface area contributed by atoms with Crippen molar-refractivity contribution in [2.24, 2.45) is 0 Å². The number of carbonyl (C=O) groups excluding carboxylic acids is 1. The van der Waals surface area contributed by atoms with Crippen LogP contribution in [-0.2, 0) is 19.4 Å². The molecule has 0 heterocycles. The standard InChI is InChI=1S/C22H39N3O5S4/c1-8-32-20(31)33-22(3,17-21(2,23-4)12-11-18(26)27)19(28)24-13-9-14-25(5,6)15-10-16-34(7,29)30/h8-17H2,1-3,5-7H3,(H-,24,26,27,28)/p+1. The van der Waals surface area contributed by atoms with Gasteiger partial charge in [-0.3, -0.25) is 9.59 Å². The predicted octanol–water partition coefficient (Wildman–Crippen LogP) is 3.47. The average Bonchev–Trinajstić information content (AvgIpc) is 2.68. The number of thiocarbonyl (C=S) groups is 1. The van der Waals surface area contributed by atoms with E-state index in [1.165, 1.54) is 29.8 Å². The Morgan fingerprint density at radius 2 is 1.79 bits per heavy atom. The molecule has 0 bridgehead atoms. The van der Waals surface area contributed by atoms with Gasteiger partial charge in [0.2, 0.25) is 11.4 Å². The SMILES string of the molecule is [C-]#[N+]C(C)(CCC(=O)O)CC(C)(SC(=S)SCC)C(=O)NCCC[N+](C)(C)CCCS(C)(=O)=O. The van der Waals surface area contributed by atoms with E-state index in [2.05, 4.69) is 10.2 Å². The lowest BCUT2D eigenvalue weighted by atomic mass is 9.85. The first-order valence-corrected chi connectivity index (χ1v) is 15.5. The van der Waals surface area contributed by atoms with Gasteiger partial charge in [-0.1, -0.05) is 30.9 Å². The number of carboxylic acid groups (broad SMARTS) is 1. The molecule has 0 rings (SSSR count). The van der Waals surface area contributed by atoms with Crippen molar-refractivity contribution in [2.45, 2.75) is 63.2 Å². The van der Waals surface area contributed by atoms with Crippen molar-refractivity contribution in [1.29, 1.82) is 0 Å². The molecule has 0 aromatic heterocycles. The molecule has 2 N–H and O–H groups in total. The molecule has 0 saturated carbocycles. The monoisotopic (exact) mass is 554 g/mol. The highest BCUT2D eigenvalue weighted by Crippen LogP contribution is 2.40. The van der Waals surface area contributed by atoms with E-state index >= 15 is 0 Å². The fourth-order valence-electron chi connectivity index (χ4n) is 3.54. The van der Waals surface area contributed by atoms with Gasteiger partial charge in [0.05, 0.1) is 39.4 Å². The smallest absolute Gasteiger partial charge is 0.303 e. The first kappa shape index (κ1) is 33.1. The summed E-state index contributed by atoms with van der Waals surface area (Å²) in [5, 5.41) is 12.0. The van der Waals surface area contributed by atoms with E-state index in [4.69, 9.17) is 23.9 Å². The number of nitrogens with zero attached hydrogens (tertiary/aromatic N) is 2. The molecule has 34 heavy (non-hydrogen) atoms. The molecular formula is C22H40N3O5S4+. The van der Waals surface area contributed by atoms with Crippen molar-refractivity contribution in [3.63, 3.8) is 0 Å². The van der Waals surface area contributed by atoms with Gasteiger partial charge >= 0.3 is 5.97 Å². The molecule has 0 radical (unpaired) electrons. The van der Waals surface area contributed by atoms with Crippen LogP contribution in [0.5, 0.6) is 0 Å². The van der Waals surface area contributed by atoms with Gasteiger partial charge in [0.25, 0.3) is 0 Å². The molecule has 0 aromatic rings. The fraction of sp³-hybridized carbons (Fsp3) is 0.818. The Morgan fingerprint density at radius 1 is 1.21 bits per heavy atom. The molecule has 2 atom stereocenters. The summed E-state index contributed by atoms with van der Waals surface area (Å²) < 4.78 is 23.0. The minimum atomic E-state index is -2.98. The molecule has 0 fully saturated rings. The molecule has 0 spiro atoms. The van der Waals surface area contributed by atoms with Gasteiger partial charge in [-0.2, -0.15) is 0 Å². The van der Waals surface area contributed by atoms with Crippen LogP contribution in [0.4, 0.5) is 0 Å². The molecule has 2 unspecified atom stereocenters. The third kappa shape index (κ3) is 14.5.